The van der Waals surface area contributed by atoms with Gasteiger partial charge >= 0.3 is 0 Å². The largest absolute Gasteiger partial charge is 0.357 e. The Labute approximate surface area is 86.6 Å². The molecule has 2 rings (SSSR count). The van der Waals surface area contributed by atoms with E-state index in [0.717, 1.165) is 0 Å². The van der Waals surface area contributed by atoms with Crippen molar-refractivity contribution >= 4 is 11.9 Å². The molecule has 0 bridgehead atoms. The Morgan fingerprint density at radius 3 is 2.20 bits per heavy atom. The third-order valence-electron chi connectivity index (χ3n) is 1.78. The molecule has 2 aromatic heterocycles. The zero-order valence-corrected chi connectivity index (χ0v) is 8.47. The zero-order valence-electron chi connectivity index (χ0n) is 8.47. The molecule has 0 atom stereocenters. The summed E-state index contributed by atoms with van der Waals surface area (Å²) in [4.78, 5) is 12.4. The number of rotatable bonds is 3. The summed E-state index contributed by atoms with van der Waals surface area (Å²) in [6.45, 7) is 0. The Morgan fingerprint density at radius 1 is 1.07 bits per heavy atom. The third-order valence-corrected chi connectivity index (χ3v) is 1.78. The van der Waals surface area contributed by atoms with Crippen molar-refractivity contribution in [2.24, 2.45) is 0 Å². The van der Waals surface area contributed by atoms with Crippen molar-refractivity contribution in [2.45, 2.75) is 0 Å². The Morgan fingerprint density at radius 2 is 1.73 bits per heavy atom. The van der Waals surface area contributed by atoms with Crippen molar-refractivity contribution in [2.75, 3.05) is 24.7 Å². The summed E-state index contributed by atoms with van der Waals surface area (Å²) in [6, 6.07) is 1.81. The Bertz CT molecular complexity index is 414. The fourth-order valence-corrected chi connectivity index (χ4v) is 1.08. The quantitative estimate of drug-likeness (QED) is 0.742. The van der Waals surface area contributed by atoms with Crippen LogP contribution >= 0.6 is 0 Å². The van der Waals surface area contributed by atoms with Crippen molar-refractivity contribution in [3.05, 3.63) is 18.5 Å². The first-order valence-electron chi connectivity index (χ1n) is 4.45. The third kappa shape index (κ3) is 1.85. The van der Waals surface area contributed by atoms with Crippen LogP contribution in [-0.2, 0) is 0 Å². The minimum Gasteiger partial charge on any atom is -0.357 e. The summed E-state index contributed by atoms with van der Waals surface area (Å²) in [6.07, 6.45) is 3.44. The molecule has 2 aromatic rings. The second kappa shape index (κ2) is 3.91. The molecular weight excluding hydrogens is 194 g/mol. The molecule has 0 amide bonds. The van der Waals surface area contributed by atoms with E-state index in [1.165, 1.54) is 0 Å². The van der Waals surface area contributed by atoms with Crippen LogP contribution in [0.5, 0.6) is 0 Å². The van der Waals surface area contributed by atoms with Gasteiger partial charge in [0, 0.05) is 26.5 Å². The molecule has 15 heavy (non-hydrogen) atoms. The minimum atomic E-state index is 0.476. The average Bonchev–Trinajstić information content (AvgIpc) is 2.81. The predicted molar refractivity (Wildman–Crippen MR) is 56.0 cm³/mol. The molecule has 0 aliphatic carbocycles. The lowest BCUT2D eigenvalue weighted by molar-refractivity contribution is 0.799. The van der Waals surface area contributed by atoms with Crippen LogP contribution in [0.15, 0.2) is 18.5 Å². The van der Waals surface area contributed by atoms with E-state index in [1.807, 2.05) is 6.07 Å². The van der Waals surface area contributed by atoms with Crippen LogP contribution in [0.3, 0.4) is 0 Å². The highest BCUT2D eigenvalue weighted by atomic mass is 15.4. The van der Waals surface area contributed by atoms with Gasteiger partial charge in [0.15, 0.2) is 0 Å². The SMILES string of the molecule is CNc1nc(NC)nc(-n2cccn2)n1. The van der Waals surface area contributed by atoms with Crippen molar-refractivity contribution in [1.29, 1.82) is 0 Å². The highest BCUT2D eigenvalue weighted by molar-refractivity contribution is 5.36. The van der Waals surface area contributed by atoms with Crippen LogP contribution in [0.2, 0.25) is 0 Å². The first-order valence-corrected chi connectivity index (χ1v) is 4.45. The van der Waals surface area contributed by atoms with E-state index in [0.29, 0.717) is 17.8 Å². The molecule has 78 valence electrons. The Balaban J connectivity index is 2.47. The summed E-state index contributed by atoms with van der Waals surface area (Å²) >= 11 is 0. The van der Waals surface area contributed by atoms with E-state index in [4.69, 9.17) is 0 Å². The van der Waals surface area contributed by atoms with E-state index < -0.39 is 0 Å². The Kier molecular flexibility index (Phi) is 2.44. The second-order valence-corrected chi connectivity index (χ2v) is 2.73. The minimum absolute atomic E-state index is 0.476. The second-order valence-electron chi connectivity index (χ2n) is 2.73. The van der Waals surface area contributed by atoms with E-state index in [-0.39, 0.29) is 0 Å². The Hall–Kier alpha value is -2.18. The number of hydrogen-bond donors (Lipinski definition) is 2. The molecule has 0 saturated heterocycles. The van der Waals surface area contributed by atoms with Crippen molar-refractivity contribution < 1.29 is 0 Å². The molecule has 0 unspecified atom stereocenters. The maximum atomic E-state index is 4.17. The highest BCUT2D eigenvalue weighted by Gasteiger charge is 2.05. The van der Waals surface area contributed by atoms with Gasteiger partial charge in [0.2, 0.25) is 11.9 Å². The first-order chi connectivity index (χ1) is 7.33. The van der Waals surface area contributed by atoms with Gasteiger partial charge in [-0.15, -0.1) is 0 Å². The normalized spacial score (nSPS) is 10.0. The lowest BCUT2D eigenvalue weighted by atomic mass is 10.7. The maximum absolute atomic E-state index is 4.17. The standard InChI is InChI=1S/C8H11N7/c1-9-6-12-7(10-2)14-8(13-6)15-5-3-4-11-15/h3-5H,1-2H3,(H2,9,10,12,13,14). The van der Waals surface area contributed by atoms with Crippen LogP contribution in [0, 0.1) is 0 Å². The summed E-state index contributed by atoms with van der Waals surface area (Å²) in [5, 5.41) is 9.77. The maximum Gasteiger partial charge on any atom is 0.257 e. The van der Waals surface area contributed by atoms with Gasteiger partial charge in [-0.2, -0.15) is 20.1 Å². The number of nitrogens with zero attached hydrogens (tertiary/aromatic N) is 5. The molecule has 0 aliphatic heterocycles. The molecular formula is C8H11N7. The average molecular weight is 205 g/mol. The number of hydrogen-bond acceptors (Lipinski definition) is 6. The summed E-state index contributed by atoms with van der Waals surface area (Å²) in [7, 11) is 3.50. The van der Waals surface area contributed by atoms with E-state index in [2.05, 4.69) is 30.7 Å². The van der Waals surface area contributed by atoms with E-state index in [1.54, 1.807) is 31.2 Å². The van der Waals surface area contributed by atoms with Gasteiger partial charge in [-0.05, 0) is 6.07 Å². The van der Waals surface area contributed by atoms with Crippen molar-refractivity contribution in [3.63, 3.8) is 0 Å². The van der Waals surface area contributed by atoms with E-state index in [9.17, 15) is 0 Å². The number of nitrogens with one attached hydrogen (secondary N) is 2. The van der Waals surface area contributed by atoms with Gasteiger partial charge in [0.05, 0.1) is 0 Å². The van der Waals surface area contributed by atoms with Gasteiger partial charge in [-0.25, -0.2) is 4.68 Å². The lowest BCUT2D eigenvalue weighted by Gasteiger charge is -2.05. The molecule has 0 saturated carbocycles. The van der Waals surface area contributed by atoms with Crippen molar-refractivity contribution in [1.82, 2.24) is 24.7 Å². The topological polar surface area (TPSA) is 80.5 Å². The van der Waals surface area contributed by atoms with Gasteiger partial charge in [0.1, 0.15) is 0 Å². The summed E-state index contributed by atoms with van der Waals surface area (Å²) in [5.41, 5.74) is 0. The van der Waals surface area contributed by atoms with Crippen LogP contribution < -0.4 is 10.6 Å². The monoisotopic (exact) mass is 205 g/mol. The van der Waals surface area contributed by atoms with E-state index >= 15 is 0 Å². The van der Waals surface area contributed by atoms with Gasteiger partial charge in [0.25, 0.3) is 5.95 Å². The zero-order chi connectivity index (χ0) is 10.7. The fourth-order valence-electron chi connectivity index (χ4n) is 1.08. The van der Waals surface area contributed by atoms with Gasteiger partial charge in [-0.1, -0.05) is 0 Å². The van der Waals surface area contributed by atoms with Crippen LogP contribution in [0.4, 0.5) is 11.9 Å². The molecule has 7 heteroatoms. The molecule has 0 aliphatic rings. The molecule has 0 spiro atoms. The fraction of sp³-hybridized carbons (Fsp3) is 0.250. The van der Waals surface area contributed by atoms with Crippen molar-refractivity contribution in [3.8, 4) is 5.95 Å². The summed E-state index contributed by atoms with van der Waals surface area (Å²) in [5.74, 6) is 1.48. The molecule has 7 nitrogen and oxygen atoms in total. The molecule has 2 heterocycles. The summed E-state index contributed by atoms with van der Waals surface area (Å²) < 4.78 is 1.57. The first kappa shape index (κ1) is 9.38. The molecule has 0 aromatic carbocycles. The number of anilines is 2. The van der Waals surface area contributed by atoms with Gasteiger partial charge < -0.3 is 10.6 Å². The molecule has 2 N–H and O–H groups in total. The van der Waals surface area contributed by atoms with Gasteiger partial charge in [-0.3, -0.25) is 0 Å². The molecule has 0 fully saturated rings. The highest BCUT2D eigenvalue weighted by Crippen LogP contribution is 2.06. The van der Waals surface area contributed by atoms with Crippen LogP contribution in [-0.4, -0.2) is 38.8 Å². The van der Waals surface area contributed by atoms with Crippen LogP contribution in [0.1, 0.15) is 0 Å². The smallest absolute Gasteiger partial charge is 0.257 e. The lowest BCUT2D eigenvalue weighted by Crippen LogP contribution is -2.09. The molecule has 0 radical (unpaired) electrons. The van der Waals surface area contributed by atoms with Crippen LogP contribution in [0.25, 0.3) is 5.95 Å². The predicted octanol–water partition coefficient (Wildman–Crippen LogP) is 0.141. The number of aromatic nitrogens is 5.